The lowest BCUT2D eigenvalue weighted by molar-refractivity contribution is -0.148. The van der Waals surface area contributed by atoms with Gasteiger partial charge in [0.25, 0.3) is 0 Å². The van der Waals surface area contributed by atoms with Gasteiger partial charge >= 0.3 is 5.97 Å². The van der Waals surface area contributed by atoms with Crippen molar-refractivity contribution in [2.75, 3.05) is 13.2 Å². The Balaban J connectivity index is 2.37. The van der Waals surface area contributed by atoms with Crippen LogP contribution in [0.4, 0.5) is 0 Å². The van der Waals surface area contributed by atoms with Gasteiger partial charge in [0.1, 0.15) is 5.54 Å². The number of esters is 1. The van der Waals surface area contributed by atoms with E-state index >= 15 is 0 Å². The summed E-state index contributed by atoms with van der Waals surface area (Å²) >= 11 is 0. The maximum Gasteiger partial charge on any atom is 0.308 e. The van der Waals surface area contributed by atoms with Crippen LogP contribution in [0.2, 0.25) is 0 Å². The summed E-state index contributed by atoms with van der Waals surface area (Å²) in [4.78, 5) is 23.8. The van der Waals surface area contributed by atoms with Crippen molar-refractivity contribution in [1.29, 1.82) is 0 Å². The molecule has 1 amide bonds. The van der Waals surface area contributed by atoms with Crippen molar-refractivity contribution >= 4 is 11.9 Å². The second-order valence-corrected chi connectivity index (χ2v) is 6.16. The molecule has 122 valence electrons. The highest BCUT2D eigenvalue weighted by Gasteiger charge is 2.31. The van der Waals surface area contributed by atoms with Crippen molar-refractivity contribution in [2.24, 2.45) is 11.7 Å². The number of carbonyl (C=O) groups is 2. The van der Waals surface area contributed by atoms with Gasteiger partial charge in [-0.1, -0.05) is 44.2 Å². The summed E-state index contributed by atoms with van der Waals surface area (Å²) in [6.07, 6.45) is 0.595. The minimum absolute atomic E-state index is 0.128. The molecule has 0 bridgehead atoms. The van der Waals surface area contributed by atoms with Crippen molar-refractivity contribution in [1.82, 2.24) is 5.32 Å². The average molecular weight is 306 g/mol. The molecule has 0 aliphatic carbocycles. The van der Waals surface area contributed by atoms with Gasteiger partial charge in [0.2, 0.25) is 5.91 Å². The molecule has 0 aliphatic heterocycles. The van der Waals surface area contributed by atoms with E-state index < -0.39 is 11.5 Å². The molecule has 5 heteroatoms. The van der Waals surface area contributed by atoms with Gasteiger partial charge in [-0.2, -0.15) is 0 Å². The Labute approximate surface area is 132 Å². The van der Waals surface area contributed by atoms with Crippen LogP contribution in [0.1, 0.15) is 32.8 Å². The van der Waals surface area contributed by atoms with Gasteiger partial charge in [-0.3, -0.25) is 9.59 Å². The van der Waals surface area contributed by atoms with Crippen LogP contribution in [0.15, 0.2) is 30.3 Å². The van der Waals surface area contributed by atoms with Crippen molar-refractivity contribution in [3.63, 3.8) is 0 Å². The summed E-state index contributed by atoms with van der Waals surface area (Å²) in [7, 11) is 0. The van der Waals surface area contributed by atoms with Crippen LogP contribution >= 0.6 is 0 Å². The number of ether oxygens (including phenoxy) is 1. The summed E-state index contributed by atoms with van der Waals surface area (Å²) in [6, 6.07) is 9.85. The predicted octanol–water partition coefficient (Wildman–Crippen LogP) is 1.65. The monoisotopic (exact) mass is 306 g/mol. The third-order valence-electron chi connectivity index (χ3n) is 3.15. The third kappa shape index (κ3) is 6.72. The van der Waals surface area contributed by atoms with Crippen molar-refractivity contribution < 1.29 is 14.3 Å². The van der Waals surface area contributed by atoms with E-state index in [2.05, 4.69) is 5.32 Å². The Morgan fingerprint density at radius 3 is 2.50 bits per heavy atom. The Bertz CT molecular complexity index is 484. The molecule has 0 radical (unpaired) electrons. The Kier molecular flexibility index (Phi) is 7.05. The van der Waals surface area contributed by atoms with E-state index in [1.807, 2.05) is 44.2 Å². The number of benzene rings is 1. The Morgan fingerprint density at radius 2 is 1.91 bits per heavy atom. The maximum atomic E-state index is 12.1. The molecule has 0 aromatic heterocycles. The molecule has 0 spiro atoms. The van der Waals surface area contributed by atoms with Crippen LogP contribution in [0.5, 0.6) is 0 Å². The second-order valence-electron chi connectivity index (χ2n) is 6.16. The first kappa shape index (κ1) is 18.2. The van der Waals surface area contributed by atoms with Gasteiger partial charge in [-0.15, -0.1) is 0 Å². The van der Waals surface area contributed by atoms with Crippen LogP contribution in [-0.2, 0) is 20.7 Å². The SMILES string of the molecule is CC(C)COC(=O)C[C@@](C)(N)C(=O)NCCc1ccccc1. The van der Waals surface area contributed by atoms with Gasteiger partial charge in [-0.25, -0.2) is 0 Å². The fourth-order valence-corrected chi connectivity index (χ4v) is 1.86. The number of nitrogens with two attached hydrogens (primary N) is 1. The smallest absolute Gasteiger partial charge is 0.308 e. The first-order valence-electron chi connectivity index (χ1n) is 7.58. The van der Waals surface area contributed by atoms with Crippen LogP contribution in [0, 0.1) is 5.92 Å². The van der Waals surface area contributed by atoms with Crippen LogP contribution in [0.3, 0.4) is 0 Å². The molecular formula is C17H26N2O3. The van der Waals surface area contributed by atoms with Gasteiger partial charge in [-0.05, 0) is 24.8 Å². The lowest BCUT2D eigenvalue weighted by atomic mass is 9.98. The molecule has 22 heavy (non-hydrogen) atoms. The highest BCUT2D eigenvalue weighted by molar-refractivity contribution is 5.90. The number of nitrogens with one attached hydrogen (secondary N) is 1. The fourth-order valence-electron chi connectivity index (χ4n) is 1.86. The van der Waals surface area contributed by atoms with Gasteiger partial charge in [0, 0.05) is 6.54 Å². The zero-order valence-corrected chi connectivity index (χ0v) is 13.6. The van der Waals surface area contributed by atoms with E-state index in [1.54, 1.807) is 6.92 Å². The molecular weight excluding hydrogens is 280 g/mol. The van der Waals surface area contributed by atoms with Crippen LogP contribution < -0.4 is 11.1 Å². The number of carbonyl (C=O) groups excluding carboxylic acids is 2. The van der Waals surface area contributed by atoms with Crippen molar-refractivity contribution in [2.45, 2.75) is 39.2 Å². The van der Waals surface area contributed by atoms with Gasteiger partial charge in [0.15, 0.2) is 0 Å². The predicted molar refractivity (Wildman–Crippen MR) is 86.2 cm³/mol. The molecule has 1 atom stereocenters. The number of rotatable bonds is 8. The first-order valence-corrected chi connectivity index (χ1v) is 7.58. The molecule has 5 nitrogen and oxygen atoms in total. The molecule has 0 saturated heterocycles. The van der Waals surface area contributed by atoms with Gasteiger partial charge in [0.05, 0.1) is 13.0 Å². The Hall–Kier alpha value is -1.88. The summed E-state index contributed by atoms with van der Waals surface area (Å²) in [5.74, 6) is -0.533. The molecule has 1 aromatic carbocycles. The zero-order valence-electron chi connectivity index (χ0n) is 13.6. The normalized spacial score (nSPS) is 13.5. The Morgan fingerprint density at radius 1 is 1.27 bits per heavy atom. The standard InChI is InChI=1S/C17H26N2O3/c1-13(2)12-22-15(20)11-17(3,18)16(21)19-10-9-14-7-5-4-6-8-14/h4-8,13H,9-12,18H2,1-3H3,(H,19,21)/t17-/m1/s1. The van der Waals surface area contributed by atoms with Gasteiger partial charge < -0.3 is 15.8 Å². The van der Waals surface area contributed by atoms with Crippen LogP contribution in [0.25, 0.3) is 0 Å². The largest absolute Gasteiger partial charge is 0.465 e. The maximum absolute atomic E-state index is 12.1. The lowest BCUT2D eigenvalue weighted by Crippen LogP contribution is -2.53. The minimum Gasteiger partial charge on any atom is -0.465 e. The minimum atomic E-state index is -1.26. The molecule has 0 saturated carbocycles. The topological polar surface area (TPSA) is 81.4 Å². The zero-order chi connectivity index (χ0) is 16.6. The fraction of sp³-hybridized carbons (Fsp3) is 0.529. The summed E-state index contributed by atoms with van der Waals surface area (Å²) in [5, 5.41) is 2.77. The second kappa shape index (κ2) is 8.54. The quantitative estimate of drug-likeness (QED) is 0.716. The summed E-state index contributed by atoms with van der Waals surface area (Å²) in [6.45, 7) is 6.26. The molecule has 0 unspecified atom stereocenters. The summed E-state index contributed by atoms with van der Waals surface area (Å²) < 4.78 is 5.06. The third-order valence-corrected chi connectivity index (χ3v) is 3.15. The molecule has 1 aromatic rings. The molecule has 0 fully saturated rings. The highest BCUT2D eigenvalue weighted by Crippen LogP contribution is 2.08. The number of hydrogen-bond acceptors (Lipinski definition) is 4. The van der Waals surface area contributed by atoms with Crippen molar-refractivity contribution in [3.05, 3.63) is 35.9 Å². The van der Waals surface area contributed by atoms with E-state index in [4.69, 9.17) is 10.5 Å². The average Bonchev–Trinajstić information content (AvgIpc) is 2.45. The molecule has 0 heterocycles. The number of hydrogen-bond donors (Lipinski definition) is 2. The molecule has 3 N–H and O–H groups in total. The van der Waals surface area contributed by atoms with E-state index in [-0.39, 0.29) is 18.2 Å². The van der Waals surface area contributed by atoms with E-state index in [0.29, 0.717) is 13.2 Å². The van der Waals surface area contributed by atoms with Crippen molar-refractivity contribution in [3.8, 4) is 0 Å². The summed E-state index contributed by atoms with van der Waals surface area (Å²) in [5.41, 5.74) is 5.81. The first-order chi connectivity index (χ1) is 10.3. The number of amides is 1. The highest BCUT2D eigenvalue weighted by atomic mass is 16.5. The molecule has 1 rings (SSSR count). The van der Waals surface area contributed by atoms with Crippen LogP contribution in [-0.4, -0.2) is 30.6 Å². The van der Waals surface area contributed by atoms with E-state index in [9.17, 15) is 9.59 Å². The molecule has 0 aliphatic rings. The lowest BCUT2D eigenvalue weighted by Gasteiger charge is -2.22. The van der Waals surface area contributed by atoms with E-state index in [1.165, 1.54) is 0 Å². The van der Waals surface area contributed by atoms with E-state index in [0.717, 1.165) is 12.0 Å².